The molecule has 2 aromatic carbocycles. The number of halogens is 1. The van der Waals surface area contributed by atoms with Gasteiger partial charge in [0.15, 0.2) is 11.8 Å². The van der Waals surface area contributed by atoms with Crippen molar-refractivity contribution in [2.45, 2.75) is 20.0 Å². The second-order valence-corrected chi connectivity index (χ2v) is 6.14. The number of hydrogen-bond acceptors (Lipinski definition) is 5. The highest BCUT2D eigenvalue weighted by atomic mass is 35.5. The van der Waals surface area contributed by atoms with Crippen molar-refractivity contribution in [1.82, 2.24) is 4.98 Å². The zero-order valence-electron chi connectivity index (χ0n) is 14.2. The van der Waals surface area contributed by atoms with Gasteiger partial charge in [0, 0.05) is 16.1 Å². The molecule has 0 aliphatic heterocycles. The monoisotopic (exact) mass is 369 g/mol. The molecule has 5 nitrogen and oxygen atoms in total. The summed E-state index contributed by atoms with van der Waals surface area (Å²) in [5, 5.41) is 0.526. The molecule has 0 radical (unpaired) electrons. The van der Waals surface area contributed by atoms with Gasteiger partial charge in [0.2, 0.25) is 11.7 Å². The third-order valence-corrected chi connectivity index (χ3v) is 4.04. The minimum Gasteiger partial charge on any atom is -0.449 e. The van der Waals surface area contributed by atoms with Gasteiger partial charge in [0.05, 0.1) is 0 Å². The molecular formula is C20H16ClNO4. The van der Waals surface area contributed by atoms with E-state index in [1.54, 1.807) is 31.2 Å². The summed E-state index contributed by atoms with van der Waals surface area (Å²) in [6.07, 6.45) is -0.958. The van der Waals surface area contributed by atoms with Crippen molar-refractivity contribution >= 4 is 23.4 Å². The number of ketones is 1. The Kier molecular flexibility index (Phi) is 5.19. The fourth-order valence-corrected chi connectivity index (χ4v) is 2.53. The van der Waals surface area contributed by atoms with Crippen LogP contribution >= 0.6 is 11.6 Å². The van der Waals surface area contributed by atoms with E-state index in [1.807, 2.05) is 30.3 Å². The van der Waals surface area contributed by atoms with Crippen molar-refractivity contribution < 1.29 is 18.7 Å². The summed E-state index contributed by atoms with van der Waals surface area (Å²) in [7, 11) is 0. The fraction of sp³-hybridized carbons (Fsp3) is 0.150. The summed E-state index contributed by atoms with van der Waals surface area (Å²) in [4.78, 5) is 29.0. The van der Waals surface area contributed by atoms with E-state index in [2.05, 4.69) is 4.98 Å². The molecule has 26 heavy (non-hydrogen) atoms. The maximum atomic E-state index is 12.4. The number of rotatable bonds is 5. The highest BCUT2D eigenvalue weighted by molar-refractivity contribution is 6.30. The lowest BCUT2D eigenvalue weighted by molar-refractivity contribution is 0.0312. The molecule has 3 rings (SSSR count). The average Bonchev–Trinajstić information content (AvgIpc) is 3.04. The van der Waals surface area contributed by atoms with Gasteiger partial charge in [-0.05, 0) is 50.2 Å². The third-order valence-electron chi connectivity index (χ3n) is 3.79. The molecule has 0 fully saturated rings. The molecule has 0 amide bonds. The van der Waals surface area contributed by atoms with Gasteiger partial charge in [0.1, 0.15) is 5.76 Å². The van der Waals surface area contributed by atoms with E-state index in [9.17, 15) is 9.59 Å². The Hall–Kier alpha value is -2.92. The molecule has 6 heteroatoms. The van der Waals surface area contributed by atoms with Crippen LogP contribution in [0.3, 0.4) is 0 Å². The number of ether oxygens (including phenoxy) is 1. The van der Waals surface area contributed by atoms with Crippen LogP contribution < -0.4 is 0 Å². The molecule has 0 spiro atoms. The van der Waals surface area contributed by atoms with Gasteiger partial charge in [-0.15, -0.1) is 0 Å². The van der Waals surface area contributed by atoms with Gasteiger partial charge < -0.3 is 9.15 Å². The van der Waals surface area contributed by atoms with E-state index in [4.69, 9.17) is 20.8 Å². The molecule has 132 valence electrons. The number of aromatic nitrogens is 1. The highest BCUT2D eigenvalue weighted by Crippen LogP contribution is 2.22. The molecular weight excluding hydrogens is 354 g/mol. The Morgan fingerprint density at radius 3 is 2.38 bits per heavy atom. The Labute approximate surface area is 155 Å². The first-order valence-corrected chi connectivity index (χ1v) is 8.37. The first kappa shape index (κ1) is 17.9. The fourth-order valence-electron chi connectivity index (χ4n) is 2.41. The Morgan fingerprint density at radius 2 is 1.73 bits per heavy atom. The minimum atomic E-state index is -0.958. The predicted molar refractivity (Wildman–Crippen MR) is 97.3 cm³/mol. The molecule has 1 atom stereocenters. The molecule has 0 aliphatic carbocycles. The van der Waals surface area contributed by atoms with Crippen molar-refractivity contribution in [3.8, 4) is 11.5 Å². The third kappa shape index (κ3) is 3.83. The van der Waals surface area contributed by atoms with Gasteiger partial charge in [-0.1, -0.05) is 29.8 Å². The van der Waals surface area contributed by atoms with Crippen LogP contribution in [-0.2, 0) is 4.74 Å². The molecule has 1 heterocycles. The summed E-state index contributed by atoms with van der Waals surface area (Å²) in [5.41, 5.74) is 1.22. The molecule has 1 aromatic heterocycles. The topological polar surface area (TPSA) is 69.4 Å². The van der Waals surface area contributed by atoms with Crippen LogP contribution in [0.2, 0.25) is 5.02 Å². The Balaban J connectivity index is 1.74. The van der Waals surface area contributed by atoms with Crippen molar-refractivity contribution in [2.24, 2.45) is 0 Å². The first-order chi connectivity index (χ1) is 12.5. The van der Waals surface area contributed by atoms with Crippen molar-refractivity contribution in [2.75, 3.05) is 0 Å². The SMILES string of the molecule is Cc1oc(-c2ccccc2)nc1C(=O)O[C@@H](C)C(=O)c1ccc(Cl)cc1. The molecule has 0 saturated heterocycles. The number of nitrogens with zero attached hydrogens (tertiary/aromatic N) is 1. The Bertz CT molecular complexity index is 932. The summed E-state index contributed by atoms with van der Waals surface area (Å²) in [5.74, 6) is -0.366. The van der Waals surface area contributed by atoms with Gasteiger partial charge in [-0.3, -0.25) is 4.79 Å². The van der Waals surface area contributed by atoms with E-state index >= 15 is 0 Å². The lowest BCUT2D eigenvalue weighted by Gasteiger charge is -2.11. The number of esters is 1. The molecule has 0 N–H and O–H groups in total. The summed E-state index contributed by atoms with van der Waals surface area (Å²) < 4.78 is 10.8. The second-order valence-electron chi connectivity index (χ2n) is 5.71. The van der Waals surface area contributed by atoms with Gasteiger partial charge in [-0.2, -0.15) is 0 Å². The van der Waals surface area contributed by atoms with Crippen molar-refractivity contribution in [1.29, 1.82) is 0 Å². The van der Waals surface area contributed by atoms with Crippen molar-refractivity contribution in [3.63, 3.8) is 0 Å². The zero-order valence-corrected chi connectivity index (χ0v) is 15.0. The lowest BCUT2D eigenvalue weighted by atomic mass is 10.1. The van der Waals surface area contributed by atoms with Crippen LogP contribution in [0.25, 0.3) is 11.5 Å². The quantitative estimate of drug-likeness (QED) is 0.480. The van der Waals surface area contributed by atoms with Gasteiger partial charge >= 0.3 is 5.97 Å². The van der Waals surface area contributed by atoms with E-state index in [-0.39, 0.29) is 11.5 Å². The molecule has 0 saturated carbocycles. The van der Waals surface area contributed by atoms with Crippen LogP contribution in [0.1, 0.15) is 33.5 Å². The first-order valence-electron chi connectivity index (χ1n) is 7.99. The minimum absolute atomic E-state index is 0.0552. The predicted octanol–water partition coefficient (Wildman–Crippen LogP) is 4.73. The normalized spacial score (nSPS) is 11.8. The number of benzene rings is 2. The second kappa shape index (κ2) is 7.54. The van der Waals surface area contributed by atoms with E-state index in [1.165, 1.54) is 6.92 Å². The number of hydrogen-bond donors (Lipinski definition) is 0. The maximum Gasteiger partial charge on any atom is 0.361 e. The van der Waals surface area contributed by atoms with Gasteiger partial charge in [-0.25, -0.2) is 9.78 Å². The smallest absolute Gasteiger partial charge is 0.361 e. The van der Waals surface area contributed by atoms with Crippen LogP contribution in [0.5, 0.6) is 0 Å². The van der Waals surface area contributed by atoms with Crippen molar-refractivity contribution in [3.05, 3.63) is 76.6 Å². The summed E-state index contributed by atoms with van der Waals surface area (Å²) in [6, 6.07) is 15.6. The summed E-state index contributed by atoms with van der Waals surface area (Å²) >= 11 is 5.82. The van der Waals surface area contributed by atoms with Gasteiger partial charge in [0.25, 0.3) is 0 Å². The molecule has 3 aromatic rings. The molecule has 0 unspecified atom stereocenters. The number of Topliss-reactive ketones (excluding diaryl/α,β-unsaturated/α-hetero) is 1. The van der Waals surface area contributed by atoms with E-state index in [0.29, 0.717) is 22.2 Å². The maximum absolute atomic E-state index is 12.4. The van der Waals surface area contributed by atoms with E-state index < -0.39 is 12.1 Å². The van der Waals surface area contributed by atoms with E-state index in [0.717, 1.165) is 5.56 Å². The molecule has 0 bridgehead atoms. The van der Waals surface area contributed by atoms with Crippen LogP contribution in [0.15, 0.2) is 59.0 Å². The number of carbonyl (C=O) groups excluding carboxylic acids is 2. The largest absolute Gasteiger partial charge is 0.449 e. The zero-order chi connectivity index (χ0) is 18.7. The Morgan fingerprint density at radius 1 is 1.08 bits per heavy atom. The average molecular weight is 370 g/mol. The summed E-state index contributed by atoms with van der Waals surface area (Å²) in [6.45, 7) is 3.14. The van der Waals surface area contributed by atoms with Crippen LogP contribution in [-0.4, -0.2) is 22.8 Å². The van der Waals surface area contributed by atoms with Crippen LogP contribution in [0, 0.1) is 6.92 Å². The lowest BCUT2D eigenvalue weighted by Crippen LogP contribution is -2.24. The number of aryl methyl sites for hydroxylation is 1. The van der Waals surface area contributed by atoms with Crippen LogP contribution in [0.4, 0.5) is 0 Å². The number of oxazole rings is 1. The highest BCUT2D eigenvalue weighted by Gasteiger charge is 2.25. The molecule has 0 aliphatic rings. The number of carbonyl (C=O) groups is 2. The standard InChI is InChI=1S/C20H16ClNO4/c1-12-17(22-19(25-12)15-6-4-3-5-7-15)20(24)26-13(2)18(23)14-8-10-16(21)11-9-14/h3-11,13H,1-2H3/t13-/m0/s1.